The van der Waals surface area contributed by atoms with Crippen molar-refractivity contribution in [1.29, 1.82) is 0 Å². The molecule has 8 heteroatoms. The molecule has 1 saturated heterocycles. The van der Waals surface area contributed by atoms with E-state index in [2.05, 4.69) is 25.9 Å². The maximum absolute atomic E-state index is 13.4. The first-order valence-corrected chi connectivity index (χ1v) is 13.7. The zero-order valence-electron chi connectivity index (χ0n) is 22.0. The fourth-order valence-corrected chi connectivity index (χ4v) is 8.50. The van der Waals surface area contributed by atoms with E-state index in [0.717, 1.165) is 75.0 Å². The molecule has 0 radical (unpaired) electrons. The van der Waals surface area contributed by atoms with Crippen molar-refractivity contribution in [2.24, 2.45) is 40.4 Å². The molecular weight excluding hydrogens is 469 g/mol. The monoisotopic (exact) mass is 510 g/mol. The van der Waals surface area contributed by atoms with E-state index in [1.165, 1.54) is 0 Å². The van der Waals surface area contributed by atoms with Crippen LogP contribution in [-0.2, 0) is 22.3 Å². The summed E-state index contributed by atoms with van der Waals surface area (Å²) in [7, 11) is 0. The average Bonchev–Trinajstić information content (AvgIpc) is 3.47. The molecule has 5 nitrogen and oxygen atoms in total. The topological polar surface area (TPSA) is 64.4 Å². The standard InChI is InChI=1S/C28H41F3N2O3/c1-17-7-8-27(4)20(5-6-21(27)23(34)15-33-14-18(13-32-33)28(29,30)31)19(17)11-24-22-12-26(3,35)10-9-25(22,2)16-36-24/h13-14,17,19-22,24,35H,5-12,15-16H2,1-4H3/t17?,19-,20+,21-,22?,24-,25+,26-,27+/m1/s1. The number of ether oxygens (including phenoxy) is 1. The van der Waals surface area contributed by atoms with Crippen LogP contribution in [0.15, 0.2) is 12.4 Å². The summed E-state index contributed by atoms with van der Waals surface area (Å²) in [4.78, 5) is 13.4. The van der Waals surface area contributed by atoms with Crippen LogP contribution in [-0.4, -0.2) is 39.0 Å². The summed E-state index contributed by atoms with van der Waals surface area (Å²) in [5.41, 5.74) is -1.47. The number of alkyl halides is 3. The van der Waals surface area contributed by atoms with Gasteiger partial charge in [-0.3, -0.25) is 9.48 Å². The largest absolute Gasteiger partial charge is 0.419 e. The van der Waals surface area contributed by atoms with E-state index in [4.69, 9.17) is 4.74 Å². The number of aromatic nitrogens is 2. The molecule has 1 aliphatic heterocycles. The van der Waals surface area contributed by atoms with Crippen LogP contribution >= 0.6 is 0 Å². The highest BCUT2D eigenvalue weighted by atomic mass is 19.4. The number of carbonyl (C=O) groups is 1. The molecule has 0 bridgehead atoms. The second kappa shape index (κ2) is 8.82. The maximum Gasteiger partial charge on any atom is 0.419 e. The zero-order valence-corrected chi connectivity index (χ0v) is 22.0. The minimum Gasteiger partial charge on any atom is -0.390 e. The molecule has 3 saturated carbocycles. The molecular formula is C28H41F3N2O3. The van der Waals surface area contributed by atoms with E-state index in [1.807, 2.05) is 6.92 Å². The van der Waals surface area contributed by atoms with E-state index >= 15 is 0 Å². The number of hydrogen-bond acceptors (Lipinski definition) is 4. The molecule has 36 heavy (non-hydrogen) atoms. The van der Waals surface area contributed by atoms with Gasteiger partial charge < -0.3 is 9.84 Å². The Morgan fingerprint density at radius 3 is 2.61 bits per heavy atom. The smallest absolute Gasteiger partial charge is 0.390 e. The lowest BCUT2D eigenvalue weighted by Gasteiger charge is -2.49. The van der Waals surface area contributed by atoms with Gasteiger partial charge in [0.05, 0.1) is 36.6 Å². The van der Waals surface area contributed by atoms with E-state index in [0.29, 0.717) is 23.7 Å². The van der Waals surface area contributed by atoms with Crippen molar-refractivity contribution in [1.82, 2.24) is 9.78 Å². The predicted molar refractivity (Wildman–Crippen MR) is 129 cm³/mol. The highest BCUT2D eigenvalue weighted by molar-refractivity contribution is 5.82. The zero-order chi connectivity index (χ0) is 26.1. The van der Waals surface area contributed by atoms with Crippen molar-refractivity contribution in [3.8, 4) is 0 Å². The Hall–Kier alpha value is -1.41. The average molecular weight is 511 g/mol. The van der Waals surface area contributed by atoms with Gasteiger partial charge >= 0.3 is 6.18 Å². The molecule has 0 spiro atoms. The third-order valence-corrected chi connectivity index (χ3v) is 10.8. The summed E-state index contributed by atoms with van der Waals surface area (Å²) in [6.07, 6.45) is 4.75. The quantitative estimate of drug-likeness (QED) is 0.536. The molecule has 0 aromatic carbocycles. The lowest BCUT2D eigenvalue weighted by atomic mass is 9.55. The normalized spacial score (nSPS) is 44.9. The Morgan fingerprint density at radius 2 is 1.92 bits per heavy atom. The fourth-order valence-electron chi connectivity index (χ4n) is 8.50. The van der Waals surface area contributed by atoms with Crippen molar-refractivity contribution in [2.45, 2.75) is 103 Å². The van der Waals surface area contributed by atoms with E-state index in [-0.39, 0.29) is 35.2 Å². The molecule has 2 unspecified atom stereocenters. The van der Waals surface area contributed by atoms with Crippen LogP contribution in [0.4, 0.5) is 13.2 Å². The van der Waals surface area contributed by atoms with Gasteiger partial charge in [-0.2, -0.15) is 18.3 Å². The third kappa shape index (κ3) is 4.55. The Bertz CT molecular complexity index is 991. The summed E-state index contributed by atoms with van der Waals surface area (Å²) in [6, 6.07) is 0. The number of hydrogen-bond donors (Lipinski definition) is 1. The SMILES string of the molecule is CC1CC[C@]2(C)[C@@H](C(=O)Cn3cc(C(F)(F)F)cn3)CC[C@H]2[C@@H]1C[C@H]1OC[C@]2(C)CC[C@@](C)(O)CC12. The molecule has 4 fully saturated rings. The number of rotatable bonds is 5. The van der Waals surface area contributed by atoms with Gasteiger partial charge in [-0.1, -0.05) is 20.8 Å². The van der Waals surface area contributed by atoms with Crippen LogP contribution in [0.3, 0.4) is 0 Å². The van der Waals surface area contributed by atoms with Crippen LogP contribution in [0.2, 0.25) is 0 Å². The van der Waals surface area contributed by atoms with Crippen molar-refractivity contribution >= 4 is 5.78 Å². The summed E-state index contributed by atoms with van der Waals surface area (Å²) >= 11 is 0. The summed E-state index contributed by atoms with van der Waals surface area (Å²) in [6.45, 7) is 9.48. The van der Waals surface area contributed by atoms with Crippen LogP contribution in [0.25, 0.3) is 0 Å². The van der Waals surface area contributed by atoms with Gasteiger partial charge in [0, 0.05) is 12.1 Å². The van der Waals surface area contributed by atoms with Gasteiger partial charge in [-0.05, 0) is 92.8 Å². The Balaban J connectivity index is 1.30. The maximum atomic E-state index is 13.4. The number of ketones is 1. The Labute approximate surface area is 212 Å². The predicted octanol–water partition coefficient (Wildman–Crippen LogP) is 5.90. The second-order valence-electron chi connectivity index (χ2n) is 13.4. The second-order valence-corrected chi connectivity index (χ2v) is 13.4. The Kier molecular flexibility index (Phi) is 6.42. The van der Waals surface area contributed by atoms with E-state index in [1.54, 1.807) is 0 Å². The minimum atomic E-state index is -4.46. The fraction of sp³-hybridized carbons (Fsp3) is 0.857. The third-order valence-electron chi connectivity index (χ3n) is 10.8. The lowest BCUT2D eigenvalue weighted by Crippen LogP contribution is -2.46. The van der Waals surface area contributed by atoms with Gasteiger partial charge in [0.2, 0.25) is 0 Å². The van der Waals surface area contributed by atoms with Crippen LogP contribution in [0.1, 0.15) is 84.6 Å². The molecule has 4 aliphatic rings. The molecule has 5 rings (SSSR count). The lowest BCUT2D eigenvalue weighted by molar-refractivity contribution is -0.138. The van der Waals surface area contributed by atoms with E-state index in [9.17, 15) is 23.1 Å². The van der Waals surface area contributed by atoms with Crippen LogP contribution < -0.4 is 0 Å². The van der Waals surface area contributed by atoms with Crippen LogP contribution in [0.5, 0.6) is 0 Å². The van der Waals surface area contributed by atoms with Gasteiger partial charge in [-0.15, -0.1) is 0 Å². The first-order valence-electron chi connectivity index (χ1n) is 13.7. The number of halogens is 3. The van der Waals surface area contributed by atoms with Gasteiger partial charge in [0.15, 0.2) is 5.78 Å². The number of fused-ring (bicyclic) bond motifs is 2. The highest BCUT2D eigenvalue weighted by Crippen LogP contribution is 2.61. The van der Waals surface area contributed by atoms with Crippen molar-refractivity contribution in [2.75, 3.05) is 6.61 Å². The molecule has 0 amide bonds. The van der Waals surface area contributed by atoms with Crippen molar-refractivity contribution in [3.63, 3.8) is 0 Å². The number of nitrogens with zero attached hydrogens (tertiary/aromatic N) is 2. The van der Waals surface area contributed by atoms with Crippen molar-refractivity contribution in [3.05, 3.63) is 18.0 Å². The van der Waals surface area contributed by atoms with Gasteiger partial charge in [0.25, 0.3) is 0 Å². The van der Waals surface area contributed by atoms with Crippen LogP contribution in [0, 0.1) is 40.4 Å². The molecule has 202 valence electrons. The first kappa shape index (κ1) is 26.2. The van der Waals surface area contributed by atoms with Crippen molar-refractivity contribution < 1.29 is 27.8 Å². The first-order chi connectivity index (χ1) is 16.7. The molecule has 1 aromatic heterocycles. The van der Waals surface area contributed by atoms with E-state index < -0.39 is 17.3 Å². The molecule has 1 N–H and O–H groups in total. The van der Waals surface area contributed by atoms with Gasteiger partial charge in [0.1, 0.15) is 0 Å². The summed E-state index contributed by atoms with van der Waals surface area (Å²) in [5, 5.41) is 14.6. The summed E-state index contributed by atoms with van der Waals surface area (Å²) < 4.78 is 46.5. The minimum absolute atomic E-state index is 0.00172. The highest BCUT2D eigenvalue weighted by Gasteiger charge is 2.57. The number of carbonyl (C=O) groups excluding carboxylic acids is 1. The van der Waals surface area contributed by atoms with Gasteiger partial charge in [-0.25, -0.2) is 0 Å². The molecule has 3 aliphatic carbocycles. The molecule has 9 atom stereocenters. The summed E-state index contributed by atoms with van der Waals surface area (Å²) in [5.74, 6) is 1.58. The molecule has 2 heterocycles. The number of Topliss-reactive ketones (excluding diaryl/α,β-unsaturated/α-hetero) is 1. The molecule has 1 aromatic rings. The number of aliphatic hydroxyl groups is 1. The Morgan fingerprint density at radius 1 is 1.17 bits per heavy atom.